The molecule has 4 rings (SSSR count). The van der Waals surface area contributed by atoms with E-state index in [1.54, 1.807) is 24.3 Å². The Labute approximate surface area is 193 Å². The molecule has 0 saturated heterocycles. The fourth-order valence-corrected chi connectivity index (χ4v) is 5.96. The standard InChI is InChI=1S/C18H18N6O6S3/c19-32(26,27)14-7-5-12(6-8-14)17(25)20-9-13-10-23(22-21-13)11-24-15-3-1-2-4-16(15)31-18(24)33(28,29)30/h1-8,10,18H,9,11H2,(H,20,25)(H2,19,26,27)(H,28,29,30). The number of carbonyl (C=O) groups excluding carboxylic acids is 1. The van der Waals surface area contributed by atoms with E-state index in [1.807, 2.05) is 0 Å². The number of thioether (sulfide) groups is 1. The van der Waals surface area contributed by atoms with Gasteiger partial charge in [-0.1, -0.05) is 29.1 Å². The first-order chi connectivity index (χ1) is 15.5. The summed E-state index contributed by atoms with van der Waals surface area (Å²) in [5.41, 5.74) is 1.28. The number of para-hydroxylation sites is 1. The topological polar surface area (TPSA) is 178 Å². The van der Waals surface area contributed by atoms with E-state index in [1.165, 1.54) is 40.0 Å². The average molecular weight is 511 g/mol. The van der Waals surface area contributed by atoms with Gasteiger partial charge in [-0.05, 0) is 36.4 Å². The fraction of sp³-hybridized carbons (Fsp3) is 0.167. The van der Waals surface area contributed by atoms with E-state index in [0.717, 1.165) is 11.8 Å². The number of nitrogens with one attached hydrogen (secondary N) is 1. The molecule has 3 aromatic rings. The largest absolute Gasteiger partial charge is 0.346 e. The van der Waals surface area contributed by atoms with Crippen molar-refractivity contribution in [1.29, 1.82) is 0 Å². The molecule has 12 nitrogen and oxygen atoms in total. The van der Waals surface area contributed by atoms with Gasteiger partial charge in [-0.3, -0.25) is 9.35 Å². The lowest BCUT2D eigenvalue weighted by molar-refractivity contribution is 0.0950. The summed E-state index contributed by atoms with van der Waals surface area (Å²) in [6.07, 6.45) is 1.54. The number of hydrogen-bond donors (Lipinski definition) is 3. The Bertz CT molecular complexity index is 1410. The van der Waals surface area contributed by atoms with Crippen LogP contribution in [0, 0.1) is 0 Å². The molecule has 0 aliphatic carbocycles. The minimum absolute atomic E-state index is 0.00441. The number of carbonyl (C=O) groups is 1. The first kappa shape index (κ1) is 23.2. The summed E-state index contributed by atoms with van der Waals surface area (Å²) in [5, 5.41) is 15.6. The Hall–Kier alpha value is -2.98. The SMILES string of the molecule is NS(=O)(=O)c1ccc(C(=O)NCc2cn(CN3c4ccccc4SC3S(=O)(=O)O)nn2)cc1. The molecule has 1 aliphatic rings. The van der Waals surface area contributed by atoms with Crippen LogP contribution in [0.15, 0.2) is 64.5 Å². The van der Waals surface area contributed by atoms with Crippen LogP contribution in [-0.4, -0.2) is 47.0 Å². The summed E-state index contributed by atoms with van der Waals surface area (Å²) in [4.78, 5) is 14.4. The highest BCUT2D eigenvalue weighted by Crippen LogP contribution is 2.45. The van der Waals surface area contributed by atoms with Crippen molar-refractivity contribution in [3.8, 4) is 0 Å². The molecule has 15 heteroatoms. The quantitative estimate of drug-likeness (QED) is 0.381. The number of hydrogen-bond acceptors (Lipinski definition) is 9. The van der Waals surface area contributed by atoms with Crippen molar-refractivity contribution in [3.63, 3.8) is 0 Å². The van der Waals surface area contributed by atoms with E-state index in [0.29, 0.717) is 16.3 Å². The van der Waals surface area contributed by atoms with E-state index in [2.05, 4.69) is 15.6 Å². The molecular weight excluding hydrogens is 492 g/mol. The maximum Gasteiger partial charge on any atom is 0.296 e. The van der Waals surface area contributed by atoms with Gasteiger partial charge in [0.05, 0.1) is 23.3 Å². The molecule has 0 saturated carbocycles. The van der Waals surface area contributed by atoms with Crippen LogP contribution in [0.2, 0.25) is 0 Å². The highest BCUT2D eigenvalue weighted by Gasteiger charge is 2.38. The zero-order valence-electron chi connectivity index (χ0n) is 16.8. The smallest absolute Gasteiger partial charge is 0.296 e. The molecule has 1 atom stereocenters. The first-order valence-corrected chi connectivity index (χ1v) is 13.2. The lowest BCUT2D eigenvalue weighted by Gasteiger charge is -2.23. The van der Waals surface area contributed by atoms with E-state index in [-0.39, 0.29) is 23.7 Å². The van der Waals surface area contributed by atoms with Gasteiger partial charge >= 0.3 is 0 Å². The number of amides is 1. The number of nitrogens with two attached hydrogens (primary N) is 1. The molecule has 33 heavy (non-hydrogen) atoms. The third-order valence-electron chi connectivity index (χ3n) is 4.67. The Morgan fingerprint density at radius 1 is 1.12 bits per heavy atom. The Kier molecular flexibility index (Phi) is 6.15. The number of nitrogens with zero attached hydrogens (tertiary/aromatic N) is 4. The zero-order valence-corrected chi connectivity index (χ0v) is 19.2. The number of aromatic nitrogens is 3. The van der Waals surface area contributed by atoms with Gasteiger partial charge in [0.15, 0.2) is 0 Å². The highest BCUT2D eigenvalue weighted by atomic mass is 32.3. The number of rotatable bonds is 7. The molecule has 2 heterocycles. The average Bonchev–Trinajstić information content (AvgIpc) is 3.36. The molecular formula is C18H18N6O6S3. The van der Waals surface area contributed by atoms with E-state index in [4.69, 9.17) is 5.14 Å². The van der Waals surface area contributed by atoms with Crippen LogP contribution in [0.3, 0.4) is 0 Å². The molecule has 0 fully saturated rings. The van der Waals surface area contributed by atoms with Gasteiger partial charge in [0.2, 0.25) is 14.7 Å². The minimum atomic E-state index is -4.37. The van der Waals surface area contributed by atoms with Gasteiger partial charge in [0, 0.05) is 10.5 Å². The Morgan fingerprint density at radius 2 is 1.82 bits per heavy atom. The van der Waals surface area contributed by atoms with E-state index >= 15 is 0 Å². The molecule has 1 aromatic heterocycles. The minimum Gasteiger partial charge on any atom is -0.346 e. The third-order valence-corrected chi connectivity index (χ3v) is 8.44. The molecule has 4 N–H and O–H groups in total. The molecule has 0 bridgehead atoms. The highest BCUT2D eigenvalue weighted by molar-refractivity contribution is 8.12. The summed E-state index contributed by atoms with van der Waals surface area (Å²) in [6.45, 7) is 0.0350. The van der Waals surface area contributed by atoms with E-state index < -0.39 is 30.8 Å². The predicted octanol–water partition coefficient (Wildman–Crippen LogP) is 0.597. The second-order valence-corrected chi connectivity index (χ2v) is 11.5. The summed E-state index contributed by atoms with van der Waals surface area (Å²) >= 11 is 1.02. The van der Waals surface area contributed by atoms with Crippen molar-refractivity contribution in [2.24, 2.45) is 5.14 Å². The van der Waals surface area contributed by atoms with Crippen LogP contribution in [0.5, 0.6) is 0 Å². The van der Waals surface area contributed by atoms with Crippen molar-refractivity contribution in [1.82, 2.24) is 20.3 Å². The van der Waals surface area contributed by atoms with Gasteiger partial charge in [0.1, 0.15) is 12.4 Å². The summed E-state index contributed by atoms with van der Waals surface area (Å²) in [5.74, 6) is -0.457. The maximum atomic E-state index is 12.3. The molecule has 0 radical (unpaired) electrons. The van der Waals surface area contributed by atoms with Crippen molar-refractivity contribution in [2.45, 2.75) is 27.7 Å². The first-order valence-electron chi connectivity index (χ1n) is 9.31. The summed E-state index contributed by atoms with van der Waals surface area (Å²) < 4.78 is 56.1. The van der Waals surface area contributed by atoms with Crippen LogP contribution in [0.25, 0.3) is 0 Å². The van der Waals surface area contributed by atoms with Gasteiger partial charge in [-0.15, -0.1) is 5.10 Å². The van der Waals surface area contributed by atoms with Crippen molar-refractivity contribution in [2.75, 3.05) is 4.90 Å². The number of fused-ring (bicyclic) bond motifs is 1. The number of sulfonamides is 1. The number of anilines is 1. The van der Waals surface area contributed by atoms with Crippen LogP contribution in [0.1, 0.15) is 16.1 Å². The summed E-state index contributed by atoms with van der Waals surface area (Å²) in [6, 6.07) is 12.2. The normalized spacial score (nSPS) is 15.9. The molecule has 174 valence electrons. The molecule has 1 amide bonds. The van der Waals surface area contributed by atoms with Crippen LogP contribution < -0.4 is 15.4 Å². The monoisotopic (exact) mass is 510 g/mol. The van der Waals surface area contributed by atoms with Gasteiger partial charge < -0.3 is 10.2 Å². The molecule has 1 aliphatic heterocycles. The van der Waals surface area contributed by atoms with Crippen LogP contribution in [-0.2, 0) is 33.4 Å². The van der Waals surface area contributed by atoms with Gasteiger partial charge in [-0.25, -0.2) is 18.2 Å². The number of primary sulfonamides is 1. The van der Waals surface area contributed by atoms with Crippen molar-refractivity contribution >= 4 is 43.5 Å². The number of benzene rings is 2. The molecule has 0 spiro atoms. The molecule has 1 unspecified atom stereocenters. The lowest BCUT2D eigenvalue weighted by atomic mass is 10.2. The fourth-order valence-electron chi connectivity index (χ4n) is 3.16. The van der Waals surface area contributed by atoms with Gasteiger partial charge in [-0.2, -0.15) is 8.42 Å². The Morgan fingerprint density at radius 3 is 2.48 bits per heavy atom. The van der Waals surface area contributed by atoms with Crippen LogP contribution in [0.4, 0.5) is 5.69 Å². The Balaban J connectivity index is 1.42. The summed E-state index contributed by atoms with van der Waals surface area (Å²) in [7, 11) is -8.22. The lowest BCUT2D eigenvalue weighted by Crippen LogP contribution is -2.37. The van der Waals surface area contributed by atoms with Crippen molar-refractivity contribution in [3.05, 3.63) is 66.0 Å². The van der Waals surface area contributed by atoms with E-state index in [9.17, 15) is 26.2 Å². The maximum absolute atomic E-state index is 12.3. The second kappa shape index (κ2) is 8.75. The van der Waals surface area contributed by atoms with Crippen molar-refractivity contribution < 1.29 is 26.2 Å². The third kappa shape index (κ3) is 5.17. The van der Waals surface area contributed by atoms with Crippen LogP contribution >= 0.6 is 11.8 Å². The zero-order chi connectivity index (χ0) is 23.8. The van der Waals surface area contributed by atoms with Gasteiger partial charge in [0.25, 0.3) is 16.0 Å². The predicted molar refractivity (Wildman–Crippen MR) is 119 cm³/mol. The second-order valence-electron chi connectivity index (χ2n) is 7.02. The molecule has 2 aromatic carbocycles.